The van der Waals surface area contributed by atoms with Gasteiger partial charge < -0.3 is 15.1 Å². The summed E-state index contributed by atoms with van der Waals surface area (Å²) in [5.74, 6) is -0.801. The third-order valence-electron chi connectivity index (χ3n) is 3.74. The first kappa shape index (κ1) is 19.2. The molecule has 0 unspecified atom stereocenters. The molecule has 6 nitrogen and oxygen atoms in total. The molecule has 2 amide bonds. The van der Waals surface area contributed by atoms with E-state index in [-0.39, 0.29) is 17.8 Å². The minimum atomic E-state index is -4.62. The SMILES string of the molecule is O=C(NCc1ccco1)c1ccnc(C(=O)Nc2ccccc2C(F)(F)F)c1. The van der Waals surface area contributed by atoms with Crippen LogP contribution in [-0.4, -0.2) is 16.8 Å². The van der Waals surface area contributed by atoms with E-state index in [4.69, 9.17) is 4.42 Å². The highest BCUT2D eigenvalue weighted by molar-refractivity contribution is 6.05. The van der Waals surface area contributed by atoms with E-state index >= 15 is 0 Å². The number of aromatic nitrogens is 1. The fraction of sp³-hybridized carbons (Fsp3) is 0.105. The third-order valence-corrected chi connectivity index (χ3v) is 3.74. The van der Waals surface area contributed by atoms with Gasteiger partial charge in [0.2, 0.25) is 0 Å². The molecule has 144 valence electrons. The highest BCUT2D eigenvalue weighted by atomic mass is 19.4. The first-order chi connectivity index (χ1) is 13.3. The van der Waals surface area contributed by atoms with Gasteiger partial charge in [0.1, 0.15) is 11.5 Å². The van der Waals surface area contributed by atoms with Crippen LogP contribution in [0.3, 0.4) is 0 Å². The van der Waals surface area contributed by atoms with Crippen LogP contribution in [0, 0.1) is 0 Å². The molecule has 0 saturated heterocycles. The summed E-state index contributed by atoms with van der Waals surface area (Å²) in [6, 6.07) is 10.5. The lowest BCUT2D eigenvalue weighted by molar-refractivity contribution is -0.136. The number of halogens is 3. The molecular weight excluding hydrogens is 375 g/mol. The second kappa shape index (κ2) is 7.95. The summed E-state index contributed by atoms with van der Waals surface area (Å²) in [5.41, 5.74) is -1.43. The van der Waals surface area contributed by atoms with Crippen LogP contribution in [0.4, 0.5) is 18.9 Å². The van der Waals surface area contributed by atoms with Crippen LogP contribution in [0.5, 0.6) is 0 Å². The maximum absolute atomic E-state index is 13.0. The van der Waals surface area contributed by atoms with Crippen molar-refractivity contribution in [1.29, 1.82) is 0 Å². The number of nitrogens with one attached hydrogen (secondary N) is 2. The normalized spacial score (nSPS) is 11.1. The molecule has 0 saturated carbocycles. The second-order valence-electron chi connectivity index (χ2n) is 5.69. The van der Waals surface area contributed by atoms with Gasteiger partial charge in [-0.15, -0.1) is 0 Å². The van der Waals surface area contributed by atoms with Gasteiger partial charge in [-0.2, -0.15) is 13.2 Å². The standard InChI is InChI=1S/C19H14F3N3O3/c20-19(21,22)14-5-1-2-6-15(14)25-18(27)16-10-12(7-8-23-16)17(26)24-11-13-4-3-9-28-13/h1-10H,11H2,(H,24,26)(H,25,27). The number of para-hydroxylation sites is 1. The minimum Gasteiger partial charge on any atom is -0.467 e. The number of alkyl halides is 3. The zero-order valence-electron chi connectivity index (χ0n) is 14.3. The van der Waals surface area contributed by atoms with Crippen LogP contribution in [0.1, 0.15) is 32.2 Å². The van der Waals surface area contributed by atoms with E-state index in [9.17, 15) is 22.8 Å². The van der Waals surface area contributed by atoms with Gasteiger partial charge in [-0.1, -0.05) is 12.1 Å². The van der Waals surface area contributed by atoms with E-state index in [2.05, 4.69) is 15.6 Å². The number of carbonyl (C=O) groups excluding carboxylic acids is 2. The predicted molar refractivity (Wildman–Crippen MR) is 93.5 cm³/mol. The Balaban J connectivity index is 1.73. The van der Waals surface area contributed by atoms with Crippen molar-refractivity contribution in [3.8, 4) is 0 Å². The number of carbonyl (C=O) groups is 2. The van der Waals surface area contributed by atoms with Gasteiger partial charge in [0.05, 0.1) is 24.1 Å². The number of hydrogen-bond donors (Lipinski definition) is 2. The van der Waals surface area contributed by atoms with Gasteiger partial charge in [0.25, 0.3) is 11.8 Å². The molecule has 0 atom stereocenters. The number of rotatable bonds is 5. The van der Waals surface area contributed by atoms with Crippen molar-refractivity contribution in [1.82, 2.24) is 10.3 Å². The molecule has 0 spiro atoms. The molecule has 0 fully saturated rings. The predicted octanol–water partition coefficient (Wildman–Crippen LogP) is 3.88. The van der Waals surface area contributed by atoms with Crippen LogP contribution in [0.25, 0.3) is 0 Å². The molecule has 0 aliphatic carbocycles. The molecule has 3 rings (SSSR count). The highest BCUT2D eigenvalue weighted by Gasteiger charge is 2.33. The zero-order valence-corrected chi connectivity index (χ0v) is 14.3. The maximum atomic E-state index is 13.0. The summed E-state index contributed by atoms with van der Waals surface area (Å²) >= 11 is 0. The van der Waals surface area contributed by atoms with Gasteiger partial charge in [0, 0.05) is 11.8 Å². The molecule has 1 aromatic carbocycles. The van der Waals surface area contributed by atoms with Crippen molar-refractivity contribution < 1.29 is 27.2 Å². The lowest BCUT2D eigenvalue weighted by atomic mass is 10.1. The molecular formula is C19H14F3N3O3. The van der Waals surface area contributed by atoms with Crippen LogP contribution in [-0.2, 0) is 12.7 Å². The Labute approximate surface area is 157 Å². The Morgan fingerprint density at radius 2 is 1.82 bits per heavy atom. The molecule has 28 heavy (non-hydrogen) atoms. The summed E-state index contributed by atoms with van der Waals surface area (Å²) in [7, 11) is 0. The summed E-state index contributed by atoms with van der Waals surface area (Å²) in [6.07, 6.45) is -1.92. The van der Waals surface area contributed by atoms with E-state index in [1.165, 1.54) is 36.7 Å². The van der Waals surface area contributed by atoms with Crippen molar-refractivity contribution in [3.05, 3.63) is 83.6 Å². The van der Waals surface area contributed by atoms with Crippen molar-refractivity contribution in [2.45, 2.75) is 12.7 Å². The smallest absolute Gasteiger partial charge is 0.418 e. The molecule has 0 aliphatic rings. The summed E-state index contributed by atoms with van der Waals surface area (Å²) < 4.78 is 44.2. The van der Waals surface area contributed by atoms with Crippen molar-refractivity contribution in [2.24, 2.45) is 0 Å². The average Bonchev–Trinajstić information content (AvgIpc) is 3.19. The van der Waals surface area contributed by atoms with Gasteiger partial charge in [-0.25, -0.2) is 0 Å². The Morgan fingerprint density at radius 1 is 1.04 bits per heavy atom. The first-order valence-corrected chi connectivity index (χ1v) is 8.09. The Morgan fingerprint density at radius 3 is 2.54 bits per heavy atom. The van der Waals surface area contributed by atoms with E-state index in [0.717, 1.165) is 12.1 Å². The average molecular weight is 389 g/mol. The largest absolute Gasteiger partial charge is 0.467 e. The topological polar surface area (TPSA) is 84.2 Å². The van der Waals surface area contributed by atoms with Crippen LogP contribution < -0.4 is 10.6 Å². The van der Waals surface area contributed by atoms with Crippen molar-refractivity contribution in [2.75, 3.05) is 5.32 Å². The fourth-order valence-electron chi connectivity index (χ4n) is 2.40. The quantitative estimate of drug-likeness (QED) is 0.694. The first-order valence-electron chi connectivity index (χ1n) is 8.09. The molecule has 2 N–H and O–H groups in total. The van der Waals surface area contributed by atoms with Gasteiger partial charge in [-0.3, -0.25) is 14.6 Å². The fourth-order valence-corrected chi connectivity index (χ4v) is 2.40. The van der Waals surface area contributed by atoms with E-state index < -0.39 is 29.2 Å². The number of anilines is 1. The van der Waals surface area contributed by atoms with Crippen molar-refractivity contribution >= 4 is 17.5 Å². The van der Waals surface area contributed by atoms with Crippen LogP contribution >= 0.6 is 0 Å². The number of nitrogens with zero attached hydrogens (tertiary/aromatic N) is 1. The molecule has 3 aromatic rings. The molecule has 2 heterocycles. The minimum absolute atomic E-state index is 0.135. The highest BCUT2D eigenvalue weighted by Crippen LogP contribution is 2.34. The van der Waals surface area contributed by atoms with Gasteiger partial charge in [0.15, 0.2) is 0 Å². The second-order valence-corrected chi connectivity index (χ2v) is 5.69. The Bertz CT molecular complexity index is 985. The van der Waals surface area contributed by atoms with Crippen molar-refractivity contribution in [3.63, 3.8) is 0 Å². The number of pyridine rings is 1. The number of furan rings is 1. The summed E-state index contributed by atoms with van der Waals surface area (Å²) in [5, 5.41) is 4.79. The molecule has 0 bridgehead atoms. The molecule has 0 radical (unpaired) electrons. The molecule has 2 aromatic heterocycles. The van der Waals surface area contributed by atoms with E-state index in [0.29, 0.717) is 5.76 Å². The maximum Gasteiger partial charge on any atom is 0.418 e. The Hall–Kier alpha value is -3.62. The summed E-state index contributed by atoms with van der Waals surface area (Å²) in [6.45, 7) is 0.147. The van der Waals surface area contributed by atoms with Crippen LogP contribution in [0.2, 0.25) is 0 Å². The zero-order chi connectivity index (χ0) is 20.1. The summed E-state index contributed by atoms with van der Waals surface area (Å²) in [4.78, 5) is 28.4. The monoisotopic (exact) mass is 389 g/mol. The van der Waals surface area contributed by atoms with Gasteiger partial charge in [-0.05, 0) is 36.4 Å². The number of amides is 2. The molecule has 0 aliphatic heterocycles. The molecule has 9 heteroatoms. The third kappa shape index (κ3) is 4.56. The number of hydrogen-bond acceptors (Lipinski definition) is 4. The van der Waals surface area contributed by atoms with Crippen LogP contribution in [0.15, 0.2) is 65.4 Å². The lowest BCUT2D eigenvalue weighted by Gasteiger charge is -2.13. The Kier molecular flexibility index (Phi) is 5.44. The van der Waals surface area contributed by atoms with E-state index in [1.54, 1.807) is 12.1 Å². The van der Waals surface area contributed by atoms with E-state index in [1.807, 2.05) is 0 Å². The number of benzene rings is 1. The van der Waals surface area contributed by atoms with Gasteiger partial charge >= 0.3 is 6.18 Å². The lowest BCUT2D eigenvalue weighted by Crippen LogP contribution is -2.23.